The molecule has 26 heavy (non-hydrogen) atoms. The summed E-state index contributed by atoms with van der Waals surface area (Å²) in [7, 11) is -7.08. The molecule has 0 atom stereocenters. The fraction of sp³-hybridized carbons (Fsp3) is 0.412. The molecule has 1 aromatic carbocycles. The van der Waals surface area contributed by atoms with Crippen LogP contribution in [0.1, 0.15) is 24.0 Å². The highest BCUT2D eigenvalue weighted by atomic mass is 32.2. The molecule has 1 aliphatic rings. The van der Waals surface area contributed by atoms with E-state index in [-0.39, 0.29) is 10.3 Å². The molecule has 1 aromatic heterocycles. The Bertz CT molecular complexity index is 975. The van der Waals surface area contributed by atoms with Crippen molar-refractivity contribution in [3.8, 4) is 0 Å². The van der Waals surface area contributed by atoms with E-state index in [1.165, 1.54) is 15.6 Å². The van der Waals surface area contributed by atoms with Crippen molar-refractivity contribution in [3.05, 3.63) is 46.8 Å². The van der Waals surface area contributed by atoms with Crippen LogP contribution in [-0.2, 0) is 20.0 Å². The number of sulfonamides is 2. The lowest BCUT2D eigenvalue weighted by Gasteiger charge is -2.31. The van der Waals surface area contributed by atoms with Crippen molar-refractivity contribution in [1.29, 1.82) is 0 Å². The smallest absolute Gasteiger partial charge is 0.207 e. The van der Waals surface area contributed by atoms with Gasteiger partial charge < -0.3 is 0 Å². The zero-order valence-corrected chi connectivity index (χ0v) is 17.1. The Morgan fingerprint density at radius 1 is 1.04 bits per heavy atom. The molecular weight excluding hydrogens is 392 g/mol. The second-order valence-corrected chi connectivity index (χ2v) is 11.3. The van der Waals surface area contributed by atoms with Gasteiger partial charge in [0.15, 0.2) is 0 Å². The van der Waals surface area contributed by atoms with Crippen molar-refractivity contribution in [3.63, 3.8) is 0 Å². The van der Waals surface area contributed by atoms with Gasteiger partial charge >= 0.3 is 0 Å². The second-order valence-electron chi connectivity index (χ2n) is 6.48. The zero-order valence-electron chi connectivity index (χ0n) is 14.7. The molecule has 0 bridgehead atoms. The van der Waals surface area contributed by atoms with Crippen LogP contribution in [0.2, 0.25) is 0 Å². The van der Waals surface area contributed by atoms with Gasteiger partial charge in [-0.2, -0.15) is 4.31 Å². The van der Waals surface area contributed by atoms with E-state index in [2.05, 4.69) is 4.72 Å². The number of thiophene rings is 1. The molecule has 0 unspecified atom stereocenters. The van der Waals surface area contributed by atoms with Crippen molar-refractivity contribution >= 4 is 31.4 Å². The van der Waals surface area contributed by atoms with Crippen molar-refractivity contribution in [2.45, 2.75) is 41.8 Å². The first-order valence-electron chi connectivity index (χ1n) is 8.33. The summed E-state index contributed by atoms with van der Waals surface area (Å²) in [6.07, 6.45) is 0.906. The number of aryl methyl sites for hydroxylation is 2. The molecule has 2 aromatic rings. The standard InChI is InChI=1S/C17H22N2O4S3/c1-13-5-6-16(12-14(13)2)26(22,23)19-9-7-15(8-10-19)18-25(20,21)17-4-3-11-24-17/h3-6,11-12,15,18H,7-10H2,1-2H3. The van der Waals surface area contributed by atoms with Gasteiger partial charge in [0.25, 0.3) is 0 Å². The van der Waals surface area contributed by atoms with E-state index in [0.717, 1.165) is 11.1 Å². The van der Waals surface area contributed by atoms with Gasteiger partial charge in [-0.25, -0.2) is 21.6 Å². The molecular formula is C17H22N2O4S3. The number of nitrogens with one attached hydrogen (secondary N) is 1. The van der Waals surface area contributed by atoms with E-state index < -0.39 is 20.0 Å². The molecule has 1 N–H and O–H groups in total. The van der Waals surface area contributed by atoms with Gasteiger partial charge in [-0.05, 0) is 61.4 Å². The van der Waals surface area contributed by atoms with Crippen LogP contribution in [0, 0.1) is 13.8 Å². The number of benzene rings is 1. The van der Waals surface area contributed by atoms with E-state index in [4.69, 9.17) is 0 Å². The maximum atomic E-state index is 12.8. The number of piperidine rings is 1. The minimum absolute atomic E-state index is 0.256. The summed E-state index contributed by atoms with van der Waals surface area (Å²) in [5, 5.41) is 1.72. The van der Waals surface area contributed by atoms with Gasteiger partial charge in [-0.15, -0.1) is 11.3 Å². The first-order valence-corrected chi connectivity index (χ1v) is 12.1. The molecule has 2 heterocycles. The summed E-state index contributed by atoms with van der Waals surface area (Å²) in [5.41, 5.74) is 1.98. The largest absolute Gasteiger partial charge is 0.250 e. The van der Waals surface area contributed by atoms with Gasteiger partial charge in [-0.3, -0.25) is 0 Å². The fourth-order valence-electron chi connectivity index (χ4n) is 2.93. The maximum absolute atomic E-state index is 12.8. The summed E-state index contributed by atoms with van der Waals surface area (Å²) in [5.74, 6) is 0. The molecule has 0 radical (unpaired) electrons. The minimum atomic E-state index is -3.55. The maximum Gasteiger partial charge on any atom is 0.250 e. The van der Waals surface area contributed by atoms with Gasteiger partial charge in [0.2, 0.25) is 20.0 Å². The van der Waals surface area contributed by atoms with Crippen molar-refractivity contribution in [1.82, 2.24) is 9.03 Å². The molecule has 0 amide bonds. The normalized spacial score (nSPS) is 17.5. The Labute approximate surface area is 159 Å². The fourth-order valence-corrected chi connectivity index (χ4v) is 6.80. The zero-order chi connectivity index (χ0) is 18.9. The van der Waals surface area contributed by atoms with E-state index in [9.17, 15) is 16.8 Å². The lowest BCUT2D eigenvalue weighted by molar-refractivity contribution is 0.308. The predicted octanol–water partition coefficient (Wildman–Crippen LogP) is 2.50. The summed E-state index contributed by atoms with van der Waals surface area (Å²) in [6.45, 7) is 4.43. The van der Waals surface area contributed by atoms with Crippen LogP contribution in [0.4, 0.5) is 0 Å². The molecule has 6 nitrogen and oxygen atoms in total. The third-order valence-electron chi connectivity index (χ3n) is 4.65. The summed E-state index contributed by atoms with van der Waals surface area (Å²) in [6, 6.07) is 8.13. The topological polar surface area (TPSA) is 83.6 Å². The van der Waals surface area contributed by atoms with Crippen LogP contribution >= 0.6 is 11.3 Å². The Morgan fingerprint density at radius 2 is 1.73 bits per heavy atom. The van der Waals surface area contributed by atoms with Crippen LogP contribution in [0.15, 0.2) is 44.8 Å². The molecule has 0 aliphatic carbocycles. The lowest BCUT2D eigenvalue weighted by atomic mass is 10.1. The van der Waals surface area contributed by atoms with Crippen molar-refractivity contribution in [2.75, 3.05) is 13.1 Å². The molecule has 9 heteroatoms. The SMILES string of the molecule is Cc1ccc(S(=O)(=O)N2CCC(NS(=O)(=O)c3cccs3)CC2)cc1C. The monoisotopic (exact) mass is 414 g/mol. The molecule has 0 spiro atoms. The highest BCUT2D eigenvalue weighted by Gasteiger charge is 2.31. The van der Waals surface area contributed by atoms with E-state index in [1.807, 2.05) is 19.9 Å². The van der Waals surface area contributed by atoms with E-state index in [0.29, 0.717) is 30.8 Å². The highest BCUT2D eigenvalue weighted by Crippen LogP contribution is 2.24. The van der Waals surface area contributed by atoms with Gasteiger partial charge in [0.05, 0.1) is 4.90 Å². The van der Waals surface area contributed by atoms with Crippen molar-refractivity contribution in [2.24, 2.45) is 0 Å². The van der Waals surface area contributed by atoms with Crippen LogP contribution in [0.3, 0.4) is 0 Å². The Balaban J connectivity index is 1.67. The van der Waals surface area contributed by atoms with Gasteiger partial charge in [0.1, 0.15) is 4.21 Å². The van der Waals surface area contributed by atoms with E-state index in [1.54, 1.807) is 29.6 Å². The third kappa shape index (κ3) is 4.01. The van der Waals surface area contributed by atoms with Gasteiger partial charge in [-0.1, -0.05) is 12.1 Å². The molecule has 3 rings (SSSR count). The van der Waals surface area contributed by atoms with Gasteiger partial charge in [0, 0.05) is 19.1 Å². The molecule has 142 valence electrons. The van der Waals surface area contributed by atoms with Crippen LogP contribution in [0.25, 0.3) is 0 Å². The molecule has 0 saturated carbocycles. The molecule has 1 aliphatic heterocycles. The molecule has 1 saturated heterocycles. The number of hydrogen-bond donors (Lipinski definition) is 1. The first-order chi connectivity index (χ1) is 12.2. The third-order valence-corrected chi connectivity index (χ3v) is 9.46. The van der Waals surface area contributed by atoms with E-state index >= 15 is 0 Å². The Kier molecular flexibility index (Phi) is 5.55. The second kappa shape index (κ2) is 7.40. The molecule has 1 fully saturated rings. The predicted molar refractivity (Wildman–Crippen MR) is 102 cm³/mol. The summed E-state index contributed by atoms with van der Waals surface area (Å²) < 4.78 is 54.6. The summed E-state index contributed by atoms with van der Waals surface area (Å²) in [4.78, 5) is 0.290. The first kappa shape index (κ1) is 19.5. The number of nitrogens with zero attached hydrogens (tertiary/aromatic N) is 1. The minimum Gasteiger partial charge on any atom is -0.207 e. The van der Waals surface area contributed by atoms with Crippen molar-refractivity contribution < 1.29 is 16.8 Å². The summed E-state index contributed by atoms with van der Waals surface area (Å²) >= 11 is 1.17. The van der Waals surface area contributed by atoms with Crippen LogP contribution < -0.4 is 4.72 Å². The highest BCUT2D eigenvalue weighted by molar-refractivity contribution is 7.91. The quantitative estimate of drug-likeness (QED) is 0.815. The average molecular weight is 415 g/mol. The van der Waals surface area contributed by atoms with Crippen LogP contribution in [-0.4, -0.2) is 40.3 Å². The van der Waals surface area contributed by atoms with Crippen LogP contribution in [0.5, 0.6) is 0 Å². The Hall–Kier alpha value is -1.26. The average Bonchev–Trinajstić information content (AvgIpc) is 3.13. The number of rotatable bonds is 5. The lowest BCUT2D eigenvalue weighted by Crippen LogP contribution is -2.46. The number of hydrogen-bond acceptors (Lipinski definition) is 5. The Morgan fingerprint density at radius 3 is 2.31 bits per heavy atom.